The van der Waals surface area contributed by atoms with Gasteiger partial charge >= 0.3 is 5.97 Å². The third-order valence-corrected chi connectivity index (χ3v) is 5.38. The number of sulfone groups is 1. The van der Waals surface area contributed by atoms with Gasteiger partial charge in [0.25, 0.3) is 0 Å². The summed E-state index contributed by atoms with van der Waals surface area (Å²) >= 11 is 0. The fourth-order valence-corrected chi connectivity index (χ4v) is 3.84. The Morgan fingerprint density at radius 1 is 1.26 bits per heavy atom. The van der Waals surface area contributed by atoms with Gasteiger partial charge in [0.2, 0.25) is 5.91 Å². The zero-order chi connectivity index (χ0) is 16.8. The number of nitrogens with one attached hydrogen (secondary N) is 1. The van der Waals surface area contributed by atoms with Gasteiger partial charge in [-0.1, -0.05) is 0 Å². The quantitative estimate of drug-likeness (QED) is 0.855. The van der Waals surface area contributed by atoms with E-state index in [1.807, 2.05) is 0 Å². The third-order valence-electron chi connectivity index (χ3n) is 4.29. The molecule has 2 aliphatic rings. The summed E-state index contributed by atoms with van der Waals surface area (Å²) in [5, 5.41) is 11.7. The average molecular weight is 339 g/mol. The van der Waals surface area contributed by atoms with E-state index in [1.54, 1.807) is 0 Å². The van der Waals surface area contributed by atoms with Gasteiger partial charge < -0.3 is 15.2 Å². The summed E-state index contributed by atoms with van der Waals surface area (Å²) in [7, 11) is -3.58. The number of rotatable bonds is 4. The molecule has 2 heterocycles. The summed E-state index contributed by atoms with van der Waals surface area (Å²) in [6.07, 6.45) is 3.45. The summed E-state index contributed by atoms with van der Waals surface area (Å²) in [6.45, 7) is 0. The zero-order valence-corrected chi connectivity index (χ0v) is 13.3. The van der Waals surface area contributed by atoms with Crippen LogP contribution >= 0.6 is 0 Å². The second kappa shape index (κ2) is 5.61. The number of aromatic carboxylic acids is 1. The van der Waals surface area contributed by atoms with Crippen molar-refractivity contribution < 1.29 is 27.9 Å². The van der Waals surface area contributed by atoms with Gasteiger partial charge in [-0.2, -0.15) is 0 Å². The third kappa shape index (κ3) is 3.23. The number of ether oxygens (including phenoxy) is 1. The Morgan fingerprint density at radius 3 is 2.52 bits per heavy atom. The molecule has 3 unspecified atom stereocenters. The summed E-state index contributed by atoms with van der Waals surface area (Å²) in [5.41, 5.74) is -0.0227. The molecule has 1 amide bonds. The van der Waals surface area contributed by atoms with Crippen molar-refractivity contribution in [1.82, 2.24) is 0 Å². The fraction of sp³-hybridized carbons (Fsp3) is 0.467. The number of hydrogen-bond acceptors (Lipinski definition) is 5. The minimum Gasteiger partial charge on any atom is -0.478 e. The highest BCUT2D eigenvalue weighted by atomic mass is 32.2. The van der Waals surface area contributed by atoms with Crippen LogP contribution in [-0.4, -0.2) is 43.9 Å². The number of anilines is 1. The highest BCUT2D eigenvalue weighted by molar-refractivity contribution is 7.90. The van der Waals surface area contributed by atoms with E-state index >= 15 is 0 Å². The lowest BCUT2D eigenvalue weighted by molar-refractivity contribution is -0.121. The molecule has 0 aromatic heterocycles. The number of fused-ring (bicyclic) bond motifs is 2. The van der Waals surface area contributed by atoms with Crippen molar-refractivity contribution in [3.63, 3.8) is 0 Å². The van der Waals surface area contributed by atoms with Crippen molar-refractivity contribution in [1.29, 1.82) is 0 Å². The molecule has 0 aliphatic carbocycles. The molecule has 3 atom stereocenters. The first-order valence-electron chi connectivity index (χ1n) is 7.29. The number of hydrogen-bond donors (Lipinski definition) is 2. The predicted octanol–water partition coefficient (Wildman–Crippen LogP) is 1.29. The lowest BCUT2D eigenvalue weighted by Gasteiger charge is -2.18. The Kier molecular flexibility index (Phi) is 3.89. The number of carbonyl (C=O) groups is 2. The molecule has 2 saturated heterocycles. The van der Waals surface area contributed by atoms with Crippen LogP contribution in [0.3, 0.4) is 0 Å². The topological polar surface area (TPSA) is 110 Å². The molecule has 2 N–H and O–H groups in total. The van der Waals surface area contributed by atoms with Gasteiger partial charge in [0.05, 0.1) is 28.6 Å². The lowest BCUT2D eigenvalue weighted by Crippen LogP contribution is -2.30. The number of carboxylic acid groups (broad SMARTS) is 1. The van der Waals surface area contributed by atoms with Crippen LogP contribution in [0.4, 0.5) is 5.69 Å². The highest BCUT2D eigenvalue weighted by Gasteiger charge is 2.44. The molecular weight excluding hydrogens is 322 g/mol. The van der Waals surface area contributed by atoms with Gasteiger partial charge in [0.15, 0.2) is 9.84 Å². The minimum absolute atomic E-state index is 0.1000. The Morgan fingerprint density at radius 2 is 2.00 bits per heavy atom. The first-order chi connectivity index (χ1) is 10.7. The Bertz CT molecular complexity index is 772. The maximum Gasteiger partial charge on any atom is 0.335 e. The van der Waals surface area contributed by atoms with Crippen molar-refractivity contribution in [3.8, 4) is 0 Å². The van der Waals surface area contributed by atoms with Gasteiger partial charge in [-0.15, -0.1) is 0 Å². The monoisotopic (exact) mass is 339 g/mol. The van der Waals surface area contributed by atoms with Gasteiger partial charge in [-0.05, 0) is 37.5 Å². The number of carboxylic acids is 1. The van der Waals surface area contributed by atoms with Crippen molar-refractivity contribution in [3.05, 3.63) is 23.8 Å². The predicted molar refractivity (Wildman–Crippen MR) is 81.1 cm³/mol. The Balaban J connectivity index is 1.86. The SMILES string of the molecule is CS(=O)(=O)c1cc(NC(=O)C2CC3CCC2O3)cc(C(=O)O)c1. The summed E-state index contributed by atoms with van der Waals surface area (Å²) in [4.78, 5) is 23.4. The van der Waals surface area contributed by atoms with E-state index in [1.165, 1.54) is 12.1 Å². The molecule has 3 rings (SSSR count). The average Bonchev–Trinajstić information content (AvgIpc) is 3.08. The normalized spacial score (nSPS) is 26.2. The molecule has 7 nitrogen and oxygen atoms in total. The van der Waals surface area contributed by atoms with Crippen LogP contribution in [0.25, 0.3) is 0 Å². The van der Waals surface area contributed by atoms with E-state index in [-0.39, 0.29) is 40.2 Å². The van der Waals surface area contributed by atoms with E-state index in [9.17, 15) is 18.0 Å². The largest absolute Gasteiger partial charge is 0.478 e. The van der Waals surface area contributed by atoms with Crippen molar-refractivity contribution in [2.24, 2.45) is 5.92 Å². The highest BCUT2D eigenvalue weighted by Crippen LogP contribution is 2.39. The lowest BCUT2D eigenvalue weighted by atomic mass is 9.88. The zero-order valence-electron chi connectivity index (χ0n) is 12.5. The van der Waals surface area contributed by atoms with E-state index < -0.39 is 15.8 Å². The van der Waals surface area contributed by atoms with Crippen LogP contribution in [0.2, 0.25) is 0 Å². The second-order valence-corrected chi connectivity index (χ2v) is 8.04. The smallest absolute Gasteiger partial charge is 0.335 e. The molecule has 0 saturated carbocycles. The van der Waals surface area contributed by atoms with Crippen LogP contribution in [0.1, 0.15) is 29.6 Å². The van der Waals surface area contributed by atoms with Crippen LogP contribution in [0, 0.1) is 5.92 Å². The number of amides is 1. The summed E-state index contributed by atoms with van der Waals surface area (Å²) in [5.74, 6) is -1.79. The molecule has 1 aromatic rings. The molecule has 8 heteroatoms. The van der Waals surface area contributed by atoms with Crippen molar-refractivity contribution >= 4 is 27.4 Å². The van der Waals surface area contributed by atoms with Crippen LogP contribution in [-0.2, 0) is 19.4 Å². The molecule has 124 valence electrons. The van der Waals surface area contributed by atoms with Gasteiger partial charge in [-0.25, -0.2) is 13.2 Å². The first-order valence-corrected chi connectivity index (χ1v) is 9.18. The standard InChI is InChI=1S/C15H17NO6S/c1-23(20,21)11-5-8(15(18)19)4-9(6-11)16-14(17)12-7-10-2-3-13(12)22-10/h4-6,10,12-13H,2-3,7H2,1H3,(H,16,17)(H,18,19). The van der Waals surface area contributed by atoms with Crippen molar-refractivity contribution in [2.45, 2.75) is 36.4 Å². The summed E-state index contributed by atoms with van der Waals surface area (Å²) < 4.78 is 29.0. The van der Waals surface area contributed by atoms with Crippen LogP contribution in [0.5, 0.6) is 0 Å². The van der Waals surface area contributed by atoms with E-state index in [0.29, 0.717) is 6.42 Å². The summed E-state index contributed by atoms with van der Waals surface area (Å²) in [6, 6.07) is 3.60. The van der Waals surface area contributed by atoms with Gasteiger partial charge in [-0.3, -0.25) is 4.79 Å². The number of carbonyl (C=O) groups excluding carboxylic acids is 1. The van der Waals surface area contributed by atoms with E-state index in [4.69, 9.17) is 9.84 Å². The Labute approximate surface area is 133 Å². The number of benzene rings is 1. The van der Waals surface area contributed by atoms with Gasteiger partial charge in [0, 0.05) is 11.9 Å². The Hall–Kier alpha value is -1.93. The van der Waals surface area contributed by atoms with Crippen LogP contribution < -0.4 is 5.32 Å². The first kappa shape index (κ1) is 15.9. The van der Waals surface area contributed by atoms with E-state index in [2.05, 4.69) is 5.32 Å². The molecule has 2 bridgehead atoms. The molecule has 0 radical (unpaired) electrons. The molecule has 2 aliphatic heterocycles. The molecular formula is C15H17NO6S. The molecule has 0 spiro atoms. The molecule has 2 fully saturated rings. The maximum absolute atomic E-state index is 12.4. The molecule has 23 heavy (non-hydrogen) atoms. The van der Waals surface area contributed by atoms with Crippen molar-refractivity contribution in [2.75, 3.05) is 11.6 Å². The van der Waals surface area contributed by atoms with E-state index in [0.717, 1.165) is 25.2 Å². The molecule has 1 aromatic carbocycles. The fourth-order valence-electron chi connectivity index (χ4n) is 3.16. The maximum atomic E-state index is 12.4. The van der Waals surface area contributed by atoms with Crippen LogP contribution in [0.15, 0.2) is 23.1 Å². The van der Waals surface area contributed by atoms with Gasteiger partial charge in [0.1, 0.15) is 0 Å². The minimum atomic E-state index is -3.58. The second-order valence-electron chi connectivity index (χ2n) is 6.03.